The van der Waals surface area contributed by atoms with Crippen molar-refractivity contribution in [2.75, 3.05) is 25.1 Å². The minimum absolute atomic E-state index is 0.170. The van der Waals surface area contributed by atoms with Crippen molar-refractivity contribution in [1.82, 2.24) is 4.98 Å². The lowest BCUT2D eigenvalue weighted by atomic mass is 10.0. The van der Waals surface area contributed by atoms with Crippen LogP contribution in [-0.2, 0) is 4.74 Å². The molecule has 0 spiro atoms. The monoisotopic (exact) mass is 374 g/mol. The van der Waals surface area contributed by atoms with E-state index in [1.807, 2.05) is 12.1 Å². The fraction of sp³-hybridized carbons (Fsp3) is 0.263. The third kappa shape index (κ3) is 3.06. The summed E-state index contributed by atoms with van der Waals surface area (Å²) in [6.45, 7) is 1.56. The first kappa shape index (κ1) is 17.0. The van der Waals surface area contributed by atoms with Gasteiger partial charge >= 0.3 is 5.63 Å². The molecule has 1 fully saturated rings. The second-order valence-corrected chi connectivity index (χ2v) is 6.63. The summed E-state index contributed by atoms with van der Waals surface area (Å²) in [6.07, 6.45) is 1.09. The van der Waals surface area contributed by atoms with Crippen LogP contribution in [-0.4, -0.2) is 31.3 Å². The topological polar surface area (TPSA) is 55.6 Å². The lowest BCUT2D eigenvalue weighted by Gasteiger charge is -2.17. The molecule has 1 saturated heterocycles. The highest BCUT2D eigenvalue weighted by molar-refractivity contribution is 6.33. The molecule has 0 N–H and O–H groups in total. The normalized spacial score (nSPS) is 17.2. The summed E-state index contributed by atoms with van der Waals surface area (Å²) >= 11 is 6.17. The molecule has 1 aromatic carbocycles. The van der Waals surface area contributed by atoms with Crippen LogP contribution < -0.4 is 10.5 Å². The summed E-state index contributed by atoms with van der Waals surface area (Å²) in [5, 5.41) is 0.868. The van der Waals surface area contributed by atoms with Crippen molar-refractivity contribution < 1.29 is 13.5 Å². The van der Waals surface area contributed by atoms with Crippen molar-refractivity contribution in [1.29, 1.82) is 0 Å². The zero-order valence-corrected chi connectivity index (χ0v) is 14.8. The molecule has 0 bridgehead atoms. The minimum atomic E-state index is -0.534. The van der Waals surface area contributed by atoms with Gasteiger partial charge in [0.05, 0.1) is 11.1 Å². The average molecular weight is 375 g/mol. The zero-order valence-electron chi connectivity index (χ0n) is 14.0. The summed E-state index contributed by atoms with van der Waals surface area (Å²) in [7, 11) is 1.69. The number of pyridine rings is 1. The van der Waals surface area contributed by atoms with Crippen LogP contribution in [0.2, 0.25) is 5.02 Å². The Morgan fingerprint density at radius 2 is 2.12 bits per heavy atom. The molecule has 26 heavy (non-hydrogen) atoms. The summed E-state index contributed by atoms with van der Waals surface area (Å²) in [6, 6.07) is 9.13. The van der Waals surface area contributed by atoms with Gasteiger partial charge in [-0.15, -0.1) is 0 Å². The van der Waals surface area contributed by atoms with Crippen LogP contribution in [0.3, 0.4) is 0 Å². The third-order valence-electron chi connectivity index (χ3n) is 4.62. The maximum absolute atomic E-state index is 13.4. The maximum atomic E-state index is 13.4. The lowest BCUT2D eigenvalue weighted by Crippen LogP contribution is -2.23. The number of benzene rings is 1. The molecule has 3 heterocycles. The van der Waals surface area contributed by atoms with Gasteiger partial charge in [0, 0.05) is 42.8 Å². The third-order valence-corrected chi connectivity index (χ3v) is 4.93. The molecule has 4 rings (SSSR count). The molecule has 1 aliphatic rings. The maximum Gasteiger partial charge on any atom is 0.338 e. The van der Waals surface area contributed by atoms with Gasteiger partial charge in [0.25, 0.3) is 0 Å². The van der Waals surface area contributed by atoms with Gasteiger partial charge in [0.15, 0.2) is 0 Å². The molecular formula is C19H16ClFN2O3. The van der Waals surface area contributed by atoms with E-state index in [1.54, 1.807) is 13.2 Å². The fourth-order valence-electron chi connectivity index (χ4n) is 3.27. The second-order valence-electron chi connectivity index (χ2n) is 6.22. The van der Waals surface area contributed by atoms with Crippen molar-refractivity contribution in [3.63, 3.8) is 0 Å². The molecule has 1 aliphatic heterocycles. The van der Waals surface area contributed by atoms with Gasteiger partial charge in [0.1, 0.15) is 11.6 Å². The molecule has 0 saturated carbocycles. The quantitative estimate of drug-likeness (QED) is 0.696. The SMILES string of the molecule is CO[C@H]1CCN(c2ccc3c(-c4ccc(F)cc4Cl)cc(=O)oc3n2)C1. The van der Waals surface area contributed by atoms with Crippen LogP contribution in [0.25, 0.3) is 22.2 Å². The number of hydrogen-bond acceptors (Lipinski definition) is 5. The van der Waals surface area contributed by atoms with Gasteiger partial charge in [-0.3, -0.25) is 0 Å². The molecule has 5 nitrogen and oxygen atoms in total. The van der Waals surface area contributed by atoms with Gasteiger partial charge in [0.2, 0.25) is 5.71 Å². The first-order valence-corrected chi connectivity index (χ1v) is 8.61. The van der Waals surface area contributed by atoms with Crippen LogP contribution in [0.15, 0.2) is 45.6 Å². The number of nitrogens with zero attached hydrogens (tertiary/aromatic N) is 2. The van der Waals surface area contributed by atoms with E-state index in [4.69, 9.17) is 20.8 Å². The number of aromatic nitrogens is 1. The molecule has 7 heteroatoms. The zero-order chi connectivity index (χ0) is 18.3. The van der Waals surface area contributed by atoms with E-state index >= 15 is 0 Å². The summed E-state index contributed by atoms with van der Waals surface area (Å²) < 4.78 is 24.0. The van der Waals surface area contributed by atoms with E-state index in [0.29, 0.717) is 16.5 Å². The van der Waals surface area contributed by atoms with Gasteiger partial charge in [-0.1, -0.05) is 11.6 Å². The largest absolute Gasteiger partial charge is 0.404 e. The molecule has 0 aliphatic carbocycles. The van der Waals surface area contributed by atoms with E-state index in [2.05, 4.69) is 9.88 Å². The van der Waals surface area contributed by atoms with Crippen LogP contribution in [0.5, 0.6) is 0 Å². The fourth-order valence-corrected chi connectivity index (χ4v) is 3.54. The number of anilines is 1. The minimum Gasteiger partial charge on any atom is -0.404 e. The molecule has 3 aromatic rings. The van der Waals surface area contributed by atoms with Gasteiger partial charge in [-0.25, -0.2) is 9.18 Å². The highest BCUT2D eigenvalue weighted by Crippen LogP contribution is 2.33. The average Bonchev–Trinajstić information content (AvgIpc) is 3.10. The van der Waals surface area contributed by atoms with Gasteiger partial charge in [-0.2, -0.15) is 4.98 Å². The molecule has 0 amide bonds. The summed E-state index contributed by atoms with van der Waals surface area (Å²) in [4.78, 5) is 18.6. The first-order valence-electron chi connectivity index (χ1n) is 8.23. The summed E-state index contributed by atoms with van der Waals surface area (Å²) in [5.41, 5.74) is 0.817. The molecule has 2 aromatic heterocycles. The number of rotatable bonds is 3. The van der Waals surface area contributed by atoms with Crippen LogP contribution in [0, 0.1) is 5.82 Å². The molecule has 0 unspecified atom stereocenters. The Labute approximate surface area is 154 Å². The van der Waals surface area contributed by atoms with Crippen LogP contribution >= 0.6 is 11.6 Å². The van der Waals surface area contributed by atoms with Crippen molar-refractivity contribution in [3.8, 4) is 11.1 Å². The standard InChI is InChI=1S/C19H16ClFN2O3/c1-25-12-6-7-23(10-12)17-5-4-14-15(9-18(24)26-19(14)22-17)13-3-2-11(21)8-16(13)20/h2-5,8-9,12H,6-7,10H2,1H3/t12-/m0/s1. The molecule has 134 valence electrons. The number of fused-ring (bicyclic) bond motifs is 1. The van der Waals surface area contributed by atoms with Crippen molar-refractivity contribution in [2.24, 2.45) is 0 Å². The Kier molecular flexibility index (Phi) is 4.38. The number of hydrogen-bond donors (Lipinski definition) is 0. The lowest BCUT2D eigenvalue weighted by molar-refractivity contribution is 0.121. The predicted molar refractivity (Wildman–Crippen MR) is 98.3 cm³/mol. The Bertz CT molecular complexity index is 1040. The second kappa shape index (κ2) is 6.70. The number of halogens is 2. The Morgan fingerprint density at radius 1 is 1.27 bits per heavy atom. The Morgan fingerprint density at radius 3 is 2.85 bits per heavy atom. The van der Waals surface area contributed by atoms with E-state index in [0.717, 1.165) is 25.3 Å². The van der Waals surface area contributed by atoms with Crippen molar-refractivity contribution in [2.45, 2.75) is 12.5 Å². The first-order chi connectivity index (χ1) is 12.5. The summed E-state index contributed by atoms with van der Waals surface area (Å²) in [5.74, 6) is 0.288. The van der Waals surface area contributed by atoms with Crippen LogP contribution in [0.4, 0.5) is 10.2 Å². The van der Waals surface area contributed by atoms with E-state index in [9.17, 15) is 9.18 Å². The molecule has 1 atom stereocenters. The number of methoxy groups -OCH3 is 1. The van der Waals surface area contributed by atoms with Crippen molar-refractivity contribution >= 4 is 28.5 Å². The Balaban J connectivity index is 1.82. The van der Waals surface area contributed by atoms with E-state index in [-0.39, 0.29) is 16.8 Å². The molecule has 0 radical (unpaired) electrons. The predicted octanol–water partition coefficient (Wildman–Crippen LogP) is 3.87. The Hall–Kier alpha value is -2.44. The highest BCUT2D eigenvalue weighted by Gasteiger charge is 2.24. The van der Waals surface area contributed by atoms with Gasteiger partial charge < -0.3 is 14.1 Å². The van der Waals surface area contributed by atoms with Gasteiger partial charge in [-0.05, 0) is 36.8 Å². The molecular weight excluding hydrogens is 359 g/mol. The van der Waals surface area contributed by atoms with Crippen LogP contribution in [0.1, 0.15) is 6.42 Å². The van der Waals surface area contributed by atoms with E-state index in [1.165, 1.54) is 18.2 Å². The van der Waals surface area contributed by atoms with Crippen molar-refractivity contribution in [3.05, 3.63) is 57.7 Å². The highest BCUT2D eigenvalue weighted by atomic mass is 35.5. The number of ether oxygens (including phenoxy) is 1. The van der Waals surface area contributed by atoms with E-state index < -0.39 is 11.4 Å². The smallest absolute Gasteiger partial charge is 0.338 e.